The van der Waals surface area contributed by atoms with Crippen molar-refractivity contribution in [1.29, 1.82) is 0 Å². The van der Waals surface area contributed by atoms with Gasteiger partial charge in [-0.15, -0.1) is 0 Å². The number of piperidine rings is 1. The third-order valence-electron chi connectivity index (χ3n) is 6.50. The zero-order valence-electron chi connectivity index (χ0n) is 19.8. The molecule has 0 spiro atoms. The molecule has 3 heterocycles. The number of hydrogen-bond acceptors (Lipinski definition) is 5. The minimum absolute atomic E-state index is 0.187. The molecule has 1 aliphatic rings. The van der Waals surface area contributed by atoms with Crippen LogP contribution in [0.1, 0.15) is 64.6 Å². The fraction of sp³-hybridized carbons (Fsp3) is 0.407. The molecule has 1 aliphatic heterocycles. The average molecular weight is 444 g/mol. The van der Waals surface area contributed by atoms with Crippen LogP contribution < -0.4 is 5.73 Å². The number of nitrogens with two attached hydrogens (primary N) is 1. The van der Waals surface area contributed by atoms with Crippen molar-refractivity contribution >= 4 is 11.9 Å². The zero-order valence-corrected chi connectivity index (χ0v) is 19.8. The van der Waals surface area contributed by atoms with E-state index in [-0.39, 0.29) is 17.8 Å². The molecule has 0 aliphatic carbocycles. The van der Waals surface area contributed by atoms with Crippen LogP contribution in [0.3, 0.4) is 0 Å². The quantitative estimate of drug-likeness (QED) is 0.614. The summed E-state index contributed by atoms with van der Waals surface area (Å²) >= 11 is 0. The molecule has 6 nitrogen and oxygen atoms in total. The van der Waals surface area contributed by atoms with Gasteiger partial charge in [0.15, 0.2) is 0 Å². The van der Waals surface area contributed by atoms with Gasteiger partial charge in [-0.25, -0.2) is 9.97 Å². The largest absolute Gasteiger partial charge is 0.368 e. The Labute approximate surface area is 196 Å². The highest BCUT2D eigenvalue weighted by molar-refractivity contribution is 5.76. The first-order valence-electron chi connectivity index (χ1n) is 11.8. The lowest BCUT2D eigenvalue weighted by atomic mass is 9.92. The van der Waals surface area contributed by atoms with Crippen molar-refractivity contribution in [3.63, 3.8) is 0 Å². The topological polar surface area (TPSA) is 85.0 Å². The lowest BCUT2D eigenvalue weighted by Gasteiger charge is -2.33. The summed E-state index contributed by atoms with van der Waals surface area (Å²) in [6.45, 7) is 7.46. The average Bonchev–Trinajstić information content (AvgIpc) is 2.78. The van der Waals surface area contributed by atoms with Gasteiger partial charge in [-0.1, -0.05) is 30.3 Å². The second-order valence-electron chi connectivity index (χ2n) is 9.11. The SMILES string of the molecule is Cc1cc(Cc2ccccc2)cc(C2CCCN(C(=O)CCc3c(C)nc(N)nc3C)C2)n1. The Hall–Kier alpha value is -3.28. The lowest BCUT2D eigenvalue weighted by molar-refractivity contribution is -0.132. The molecular formula is C27H33N5O. The van der Waals surface area contributed by atoms with Crippen molar-refractivity contribution in [2.45, 2.75) is 58.8 Å². The number of likely N-dealkylation sites (tertiary alicyclic amines) is 1. The molecule has 1 saturated heterocycles. The summed E-state index contributed by atoms with van der Waals surface area (Å²) in [4.78, 5) is 28.4. The van der Waals surface area contributed by atoms with E-state index in [4.69, 9.17) is 10.7 Å². The van der Waals surface area contributed by atoms with E-state index >= 15 is 0 Å². The van der Waals surface area contributed by atoms with Gasteiger partial charge < -0.3 is 10.6 Å². The lowest BCUT2D eigenvalue weighted by Crippen LogP contribution is -2.39. The van der Waals surface area contributed by atoms with Crippen LogP contribution in [0.25, 0.3) is 0 Å². The molecule has 1 amide bonds. The summed E-state index contributed by atoms with van der Waals surface area (Å²) in [6.07, 6.45) is 4.07. The third-order valence-corrected chi connectivity index (χ3v) is 6.50. The van der Waals surface area contributed by atoms with E-state index in [9.17, 15) is 4.79 Å². The first-order chi connectivity index (χ1) is 15.9. The van der Waals surface area contributed by atoms with Crippen LogP contribution in [0.4, 0.5) is 5.95 Å². The molecule has 1 unspecified atom stereocenters. The Bertz CT molecular complexity index is 1110. The first kappa shape index (κ1) is 22.9. The van der Waals surface area contributed by atoms with Gasteiger partial charge in [-0.3, -0.25) is 9.78 Å². The molecule has 1 aromatic carbocycles. The van der Waals surface area contributed by atoms with Crippen LogP contribution in [0.5, 0.6) is 0 Å². The Morgan fingerprint density at radius 1 is 1.03 bits per heavy atom. The number of nitrogen functional groups attached to an aromatic ring is 1. The van der Waals surface area contributed by atoms with Gasteiger partial charge in [0.1, 0.15) is 0 Å². The van der Waals surface area contributed by atoms with Crippen molar-refractivity contribution in [1.82, 2.24) is 19.9 Å². The van der Waals surface area contributed by atoms with Crippen LogP contribution in [0.2, 0.25) is 0 Å². The monoisotopic (exact) mass is 443 g/mol. The summed E-state index contributed by atoms with van der Waals surface area (Å²) < 4.78 is 0. The third kappa shape index (κ3) is 5.75. The summed E-state index contributed by atoms with van der Waals surface area (Å²) in [7, 11) is 0. The summed E-state index contributed by atoms with van der Waals surface area (Å²) in [5.74, 6) is 0.754. The van der Waals surface area contributed by atoms with E-state index in [2.05, 4.69) is 53.3 Å². The van der Waals surface area contributed by atoms with E-state index < -0.39 is 0 Å². The molecule has 6 heteroatoms. The predicted octanol–water partition coefficient (Wildman–Crippen LogP) is 4.31. The first-order valence-corrected chi connectivity index (χ1v) is 11.8. The molecule has 2 aromatic heterocycles. The molecule has 1 fully saturated rings. The van der Waals surface area contributed by atoms with E-state index in [0.29, 0.717) is 12.8 Å². The second-order valence-corrected chi connectivity index (χ2v) is 9.11. The number of rotatable bonds is 6. The van der Waals surface area contributed by atoms with Gasteiger partial charge in [0, 0.05) is 48.2 Å². The van der Waals surface area contributed by atoms with Crippen molar-refractivity contribution in [2.24, 2.45) is 0 Å². The maximum atomic E-state index is 13.1. The highest BCUT2D eigenvalue weighted by atomic mass is 16.2. The van der Waals surface area contributed by atoms with E-state index in [1.54, 1.807) is 0 Å². The second kappa shape index (κ2) is 10.1. The van der Waals surface area contributed by atoms with Gasteiger partial charge in [0.05, 0.1) is 0 Å². The smallest absolute Gasteiger partial charge is 0.222 e. The number of benzene rings is 1. The van der Waals surface area contributed by atoms with Gasteiger partial charge in [0.25, 0.3) is 0 Å². The number of amides is 1. The zero-order chi connectivity index (χ0) is 23.4. The van der Waals surface area contributed by atoms with Gasteiger partial charge >= 0.3 is 0 Å². The van der Waals surface area contributed by atoms with Crippen molar-refractivity contribution < 1.29 is 4.79 Å². The van der Waals surface area contributed by atoms with E-state index in [1.165, 1.54) is 11.1 Å². The van der Waals surface area contributed by atoms with Crippen molar-refractivity contribution in [3.8, 4) is 0 Å². The minimum atomic E-state index is 0.187. The van der Waals surface area contributed by atoms with Crippen LogP contribution in [-0.2, 0) is 17.6 Å². The minimum Gasteiger partial charge on any atom is -0.368 e. The molecule has 3 aromatic rings. The number of pyridine rings is 1. The Balaban J connectivity index is 1.42. The predicted molar refractivity (Wildman–Crippen MR) is 131 cm³/mol. The number of hydrogen-bond donors (Lipinski definition) is 1. The summed E-state index contributed by atoms with van der Waals surface area (Å²) in [5, 5.41) is 0. The van der Waals surface area contributed by atoms with Gasteiger partial charge in [0.2, 0.25) is 11.9 Å². The van der Waals surface area contributed by atoms with E-state index in [0.717, 1.165) is 60.7 Å². The molecule has 172 valence electrons. The molecule has 0 saturated carbocycles. The van der Waals surface area contributed by atoms with Crippen molar-refractivity contribution in [2.75, 3.05) is 18.8 Å². The number of aromatic nitrogens is 3. The highest BCUT2D eigenvalue weighted by Gasteiger charge is 2.26. The molecule has 1 atom stereocenters. The van der Waals surface area contributed by atoms with Gasteiger partial charge in [-0.2, -0.15) is 0 Å². The molecule has 33 heavy (non-hydrogen) atoms. The normalized spacial score (nSPS) is 16.1. The number of nitrogens with zero attached hydrogens (tertiary/aromatic N) is 4. The summed E-state index contributed by atoms with van der Waals surface area (Å²) in [6, 6.07) is 14.9. The molecular weight excluding hydrogens is 410 g/mol. The fourth-order valence-electron chi connectivity index (χ4n) is 4.87. The highest BCUT2D eigenvalue weighted by Crippen LogP contribution is 2.28. The number of anilines is 1. The standard InChI is InChI=1S/C27H33N5O/c1-18-14-22(15-21-8-5-4-6-9-21)16-25(29-18)23-10-7-13-32(17-23)26(33)12-11-24-19(2)30-27(28)31-20(24)3/h4-6,8-9,14,16,23H,7,10-13,15,17H2,1-3H3,(H2,28,30,31). The van der Waals surface area contributed by atoms with E-state index in [1.807, 2.05) is 24.8 Å². The Morgan fingerprint density at radius 2 is 1.76 bits per heavy atom. The fourth-order valence-corrected chi connectivity index (χ4v) is 4.87. The van der Waals surface area contributed by atoms with Crippen LogP contribution in [0.15, 0.2) is 42.5 Å². The number of carbonyl (C=O) groups is 1. The summed E-state index contributed by atoms with van der Waals surface area (Å²) in [5.41, 5.74) is 13.2. The maximum Gasteiger partial charge on any atom is 0.222 e. The molecule has 2 N–H and O–H groups in total. The molecule has 0 radical (unpaired) electrons. The van der Waals surface area contributed by atoms with Crippen LogP contribution >= 0.6 is 0 Å². The van der Waals surface area contributed by atoms with Gasteiger partial charge in [-0.05, 0) is 75.3 Å². The Morgan fingerprint density at radius 3 is 2.48 bits per heavy atom. The molecule has 0 bridgehead atoms. The number of carbonyl (C=O) groups excluding carboxylic acids is 1. The number of aryl methyl sites for hydroxylation is 3. The molecule has 4 rings (SSSR count). The van der Waals surface area contributed by atoms with Crippen molar-refractivity contribution in [3.05, 3.63) is 81.9 Å². The maximum absolute atomic E-state index is 13.1. The Kier molecular flexibility index (Phi) is 7.02. The van der Waals surface area contributed by atoms with Crippen LogP contribution in [-0.4, -0.2) is 38.8 Å². The van der Waals surface area contributed by atoms with Crippen LogP contribution in [0, 0.1) is 20.8 Å².